The van der Waals surface area contributed by atoms with E-state index in [-0.39, 0.29) is 17.1 Å². The van der Waals surface area contributed by atoms with E-state index in [1.807, 2.05) is 0 Å². The highest BCUT2D eigenvalue weighted by Crippen LogP contribution is 2.05. The first-order chi connectivity index (χ1) is 8.13. The first-order valence-electron chi connectivity index (χ1n) is 5.26. The van der Waals surface area contributed by atoms with E-state index in [2.05, 4.69) is 0 Å². The Morgan fingerprint density at radius 1 is 1.47 bits per heavy atom. The van der Waals surface area contributed by atoms with Gasteiger partial charge in [-0.25, -0.2) is 4.39 Å². The summed E-state index contributed by atoms with van der Waals surface area (Å²) in [6.45, 7) is 0.528. The smallest absolute Gasteiger partial charge is 0.175 e. The van der Waals surface area contributed by atoms with Crippen LogP contribution in [0.4, 0.5) is 4.39 Å². The maximum absolute atomic E-state index is 12.9. The number of hydrogen-bond acceptors (Lipinski definition) is 3. The van der Waals surface area contributed by atoms with Crippen LogP contribution in [0, 0.1) is 5.82 Å². The van der Waals surface area contributed by atoms with Crippen LogP contribution in [0.15, 0.2) is 24.3 Å². The highest BCUT2D eigenvalue weighted by Gasteiger charge is 2.10. The lowest BCUT2D eigenvalue weighted by Gasteiger charge is -2.02. The lowest BCUT2D eigenvalue weighted by Crippen LogP contribution is -2.14. The first kappa shape index (κ1) is 14.0. The topological polar surface area (TPSA) is 43.4 Å². The van der Waals surface area contributed by atoms with Gasteiger partial charge in [-0.1, -0.05) is 12.1 Å². The monoisotopic (exact) mass is 258 g/mol. The molecule has 0 aliphatic rings. The molecule has 0 amide bonds. The highest BCUT2D eigenvalue weighted by molar-refractivity contribution is 7.85. The van der Waals surface area contributed by atoms with Crippen LogP contribution in [-0.2, 0) is 15.5 Å². The third-order valence-corrected chi connectivity index (χ3v) is 3.49. The molecule has 0 heterocycles. The third kappa shape index (κ3) is 5.19. The van der Waals surface area contributed by atoms with Crippen molar-refractivity contribution in [1.82, 2.24) is 0 Å². The standard InChI is InChI=1S/C12H15FO3S/c1-16-6-3-7-17(15)9-12(14)10-4-2-5-11(13)8-10/h2,4-5,8H,3,6-7,9H2,1H3. The summed E-state index contributed by atoms with van der Waals surface area (Å²) >= 11 is 0. The van der Waals surface area contributed by atoms with Crippen molar-refractivity contribution >= 4 is 16.6 Å². The molecule has 1 rings (SSSR count). The van der Waals surface area contributed by atoms with Crippen molar-refractivity contribution in [3.8, 4) is 0 Å². The van der Waals surface area contributed by atoms with Crippen LogP contribution in [0.1, 0.15) is 16.8 Å². The number of Topliss-reactive ketones (excluding diaryl/α,β-unsaturated/α-hetero) is 1. The number of carbonyl (C=O) groups excluding carboxylic acids is 1. The Labute approximate surface area is 102 Å². The largest absolute Gasteiger partial charge is 0.385 e. The van der Waals surface area contributed by atoms with Gasteiger partial charge < -0.3 is 4.74 Å². The number of halogens is 1. The number of ether oxygens (including phenoxy) is 1. The minimum absolute atomic E-state index is 0.0623. The van der Waals surface area contributed by atoms with Crippen LogP contribution in [0.2, 0.25) is 0 Å². The second-order valence-corrected chi connectivity index (χ2v) is 5.14. The molecule has 0 N–H and O–H groups in total. The summed E-state index contributed by atoms with van der Waals surface area (Å²) < 4.78 is 29.2. The van der Waals surface area contributed by atoms with Gasteiger partial charge in [-0.15, -0.1) is 0 Å². The number of hydrogen-bond donors (Lipinski definition) is 0. The maximum Gasteiger partial charge on any atom is 0.175 e. The van der Waals surface area contributed by atoms with Crippen molar-refractivity contribution in [3.63, 3.8) is 0 Å². The number of methoxy groups -OCH3 is 1. The van der Waals surface area contributed by atoms with E-state index in [1.165, 1.54) is 18.2 Å². The minimum Gasteiger partial charge on any atom is -0.385 e. The molecule has 17 heavy (non-hydrogen) atoms. The predicted molar refractivity (Wildman–Crippen MR) is 65.1 cm³/mol. The normalized spacial score (nSPS) is 12.4. The maximum atomic E-state index is 12.9. The summed E-state index contributed by atoms with van der Waals surface area (Å²) in [5.41, 5.74) is 0.269. The molecule has 3 nitrogen and oxygen atoms in total. The molecule has 0 spiro atoms. The van der Waals surface area contributed by atoms with Crippen molar-refractivity contribution < 1.29 is 18.1 Å². The SMILES string of the molecule is COCCCS(=O)CC(=O)c1cccc(F)c1. The van der Waals surface area contributed by atoms with E-state index in [1.54, 1.807) is 7.11 Å². The van der Waals surface area contributed by atoms with E-state index in [9.17, 15) is 13.4 Å². The molecule has 0 radical (unpaired) electrons. The Kier molecular flexibility index (Phi) is 6.00. The van der Waals surface area contributed by atoms with Crippen LogP contribution in [0.5, 0.6) is 0 Å². The van der Waals surface area contributed by atoms with E-state index >= 15 is 0 Å². The number of carbonyl (C=O) groups is 1. The van der Waals surface area contributed by atoms with Crippen LogP contribution >= 0.6 is 0 Å². The van der Waals surface area contributed by atoms with Gasteiger partial charge in [-0.3, -0.25) is 9.00 Å². The molecule has 0 fully saturated rings. The lowest BCUT2D eigenvalue weighted by molar-refractivity contribution is 0.102. The van der Waals surface area contributed by atoms with Crippen molar-refractivity contribution in [1.29, 1.82) is 0 Å². The zero-order valence-corrected chi connectivity index (χ0v) is 10.5. The van der Waals surface area contributed by atoms with Crippen molar-refractivity contribution in [3.05, 3.63) is 35.6 Å². The fraction of sp³-hybridized carbons (Fsp3) is 0.417. The first-order valence-corrected chi connectivity index (χ1v) is 6.75. The van der Waals surface area contributed by atoms with Gasteiger partial charge in [0.25, 0.3) is 0 Å². The van der Waals surface area contributed by atoms with Gasteiger partial charge in [0.1, 0.15) is 5.82 Å². The molecular weight excluding hydrogens is 243 g/mol. The molecule has 1 unspecified atom stereocenters. The zero-order chi connectivity index (χ0) is 12.7. The molecule has 5 heteroatoms. The number of rotatable bonds is 7. The van der Waals surface area contributed by atoms with Gasteiger partial charge in [0.05, 0.1) is 5.75 Å². The van der Waals surface area contributed by atoms with E-state index < -0.39 is 16.6 Å². The Bertz CT molecular complexity index is 406. The minimum atomic E-state index is -1.21. The van der Waals surface area contributed by atoms with Gasteiger partial charge in [0, 0.05) is 35.8 Å². The molecule has 1 aromatic rings. The molecule has 0 aliphatic carbocycles. The highest BCUT2D eigenvalue weighted by atomic mass is 32.2. The molecule has 0 saturated heterocycles. The molecule has 0 aromatic heterocycles. The lowest BCUT2D eigenvalue weighted by atomic mass is 10.1. The molecule has 1 atom stereocenters. The molecule has 94 valence electrons. The van der Waals surface area contributed by atoms with E-state index in [4.69, 9.17) is 4.74 Å². The molecule has 1 aromatic carbocycles. The Balaban J connectivity index is 2.46. The van der Waals surface area contributed by atoms with Gasteiger partial charge >= 0.3 is 0 Å². The zero-order valence-electron chi connectivity index (χ0n) is 9.65. The summed E-state index contributed by atoms with van der Waals surface area (Å²) in [4.78, 5) is 11.6. The van der Waals surface area contributed by atoms with Crippen LogP contribution < -0.4 is 0 Å². The van der Waals surface area contributed by atoms with Crippen molar-refractivity contribution in [2.45, 2.75) is 6.42 Å². The van der Waals surface area contributed by atoms with Gasteiger partial charge in [-0.2, -0.15) is 0 Å². The Hall–Kier alpha value is -1.07. The van der Waals surface area contributed by atoms with Crippen LogP contribution in [-0.4, -0.2) is 35.2 Å². The fourth-order valence-electron chi connectivity index (χ4n) is 1.33. The van der Waals surface area contributed by atoms with E-state index in [0.717, 1.165) is 6.07 Å². The summed E-state index contributed by atoms with van der Waals surface area (Å²) in [6, 6.07) is 5.43. The number of benzene rings is 1. The third-order valence-electron chi connectivity index (χ3n) is 2.16. The predicted octanol–water partition coefficient (Wildman–Crippen LogP) is 1.79. The summed E-state index contributed by atoms with van der Waals surface area (Å²) in [6.07, 6.45) is 0.652. The number of ketones is 1. The summed E-state index contributed by atoms with van der Waals surface area (Å²) in [5.74, 6) is -0.386. The molecular formula is C12H15FO3S. The van der Waals surface area contributed by atoms with Crippen molar-refractivity contribution in [2.75, 3.05) is 25.2 Å². The quantitative estimate of drug-likeness (QED) is 0.553. The molecule has 0 bridgehead atoms. The summed E-state index contributed by atoms with van der Waals surface area (Å²) in [5, 5.41) is 0. The van der Waals surface area contributed by atoms with E-state index in [0.29, 0.717) is 18.8 Å². The van der Waals surface area contributed by atoms with Gasteiger partial charge in [0.2, 0.25) is 0 Å². The Morgan fingerprint density at radius 2 is 2.24 bits per heavy atom. The Morgan fingerprint density at radius 3 is 2.88 bits per heavy atom. The average Bonchev–Trinajstić information content (AvgIpc) is 2.29. The van der Waals surface area contributed by atoms with Gasteiger partial charge in [0.15, 0.2) is 5.78 Å². The average molecular weight is 258 g/mol. The van der Waals surface area contributed by atoms with Crippen molar-refractivity contribution in [2.24, 2.45) is 0 Å². The van der Waals surface area contributed by atoms with Gasteiger partial charge in [-0.05, 0) is 18.6 Å². The van der Waals surface area contributed by atoms with Crippen LogP contribution in [0.3, 0.4) is 0 Å². The molecule has 0 saturated carbocycles. The summed E-state index contributed by atoms with van der Waals surface area (Å²) in [7, 11) is 0.360. The fourth-order valence-corrected chi connectivity index (χ4v) is 2.37. The van der Waals surface area contributed by atoms with Crippen LogP contribution in [0.25, 0.3) is 0 Å². The molecule has 0 aliphatic heterocycles. The second kappa shape index (κ2) is 7.29. The second-order valence-electron chi connectivity index (χ2n) is 3.57.